The first-order chi connectivity index (χ1) is 9.77. The zero-order chi connectivity index (χ0) is 16.0. The predicted octanol–water partition coefficient (Wildman–Crippen LogP) is 2.93. The Hall–Kier alpha value is -1.39. The summed E-state index contributed by atoms with van der Waals surface area (Å²) in [5.74, 6) is -0.642. The molecule has 1 aromatic carbocycles. The maximum absolute atomic E-state index is 12.3. The molecule has 0 saturated heterocycles. The van der Waals surface area contributed by atoms with Gasteiger partial charge in [0, 0.05) is 11.6 Å². The van der Waals surface area contributed by atoms with E-state index in [0.29, 0.717) is 11.6 Å². The minimum Gasteiger partial charge on any atom is -0.465 e. The zero-order valence-electron chi connectivity index (χ0n) is 13.0. The minimum atomic E-state index is -1.13. The van der Waals surface area contributed by atoms with Gasteiger partial charge in [-0.05, 0) is 45.5 Å². The third-order valence-electron chi connectivity index (χ3n) is 3.24. The number of carbonyl (C=O) groups is 2. The van der Waals surface area contributed by atoms with Crippen LogP contribution in [-0.4, -0.2) is 36.9 Å². The summed E-state index contributed by atoms with van der Waals surface area (Å²) in [6, 6.07) is 7.48. The summed E-state index contributed by atoms with van der Waals surface area (Å²) in [6.45, 7) is 5.96. The van der Waals surface area contributed by atoms with Crippen LogP contribution >= 0.6 is 11.6 Å². The van der Waals surface area contributed by atoms with Crippen LogP contribution < -0.4 is 0 Å². The number of hydrogen-bond donors (Lipinski definition) is 0. The molecule has 0 aromatic heterocycles. The average Bonchev–Trinajstić information content (AvgIpc) is 2.38. The molecule has 0 amide bonds. The molecular weight excluding hydrogens is 290 g/mol. The van der Waals surface area contributed by atoms with Crippen molar-refractivity contribution in [1.82, 2.24) is 4.90 Å². The first-order valence-corrected chi connectivity index (χ1v) is 7.28. The summed E-state index contributed by atoms with van der Waals surface area (Å²) >= 11 is 5.94. The van der Waals surface area contributed by atoms with E-state index in [2.05, 4.69) is 0 Å². The molecule has 0 fully saturated rings. The second-order valence-electron chi connectivity index (χ2n) is 5.57. The molecule has 5 heteroatoms. The monoisotopic (exact) mass is 311 g/mol. The Morgan fingerprint density at radius 2 is 2.00 bits per heavy atom. The highest BCUT2D eigenvalue weighted by molar-refractivity contribution is 6.30. The predicted molar refractivity (Wildman–Crippen MR) is 83.2 cm³/mol. The van der Waals surface area contributed by atoms with Crippen LogP contribution in [0.2, 0.25) is 5.02 Å². The minimum absolute atomic E-state index is 0.162. The molecule has 1 aromatic rings. The molecule has 0 spiro atoms. The number of benzene rings is 1. The first kappa shape index (κ1) is 17.7. The third kappa shape index (κ3) is 5.14. The summed E-state index contributed by atoms with van der Waals surface area (Å²) < 4.78 is 4.95. The van der Waals surface area contributed by atoms with Gasteiger partial charge in [-0.2, -0.15) is 0 Å². The van der Waals surface area contributed by atoms with E-state index in [-0.39, 0.29) is 18.9 Å². The van der Waals surface area contributed by atoms with E-state index in [1.165, 1.54) is 0 Å². The van der Waals surface area contributed by atoms with E-state index >= 15 is 0 Å². The number of halogens is 1. The van der Waals surface area contributed by atoms with Crippen molar-refractivity contribution in [2.24, 2.45) is 5.41 Å². The van der Waals surface area contributed by atoms with Crippen LogP contribution in [0.1, 0.15) is 26.3 Å². The van der Waals surface area contributed by atoms with E-state index in [0.717, 1.165) is 5.56 Å². The van der Waals surface area contributed by atoms with Crippen molar-refractivity contribution < 1.29 is 14.3 Å². The number of esters is 1. The molecule has 0 aliphatic carbocycles. The molecule has 0 bridgehead atoms. The lowest BCUT2D eigenvalue weighted by Crippen LogP contribution is -2.41. The van der Waals surface area contributed by atoms with Crippen LogP contribution in [0, 0.1) is 5.41 Å². The molecule has 0 N–H and O–H groups in total. The Morgan fingerprint density at radius 1 is 1.33 bits per heavy atom. The number of likely N-dealkylation sites (N-methyl/N-ethyl adjacent to an activating group) is 1. The number of rotatable bonds is 7. The molecule has 0 atom stereocenters. The summed E-state index contributed by atoms with van der Waals surface area (Å²) in [6.07, 6.45) is 0. The van der Waals surface area contributed by atoms with Crippen molar-refractivity contribution >= 4 is 23.4 Å². The van der Waals surface area contributed by atoms with Gasteiger partial charge in [-0.1, -0.05) is 23.7 Å². The highest BCUT2D eigenvalue weighted by atomic mass is 35.5. The molecule has 0 aliphatic rings. The highest BCUT2D eigenvalue weighted by Crippen LogP contribution is 2.20. The van der Waals surface area contributed by atoms with Crippen molar-refractivity contribution in [2.45, 2.75) is 27.3 Å². The van der Waals surface area contributed by atoms with Crippen LogP contribution in [0.5, 0.6) is 0 Å². The molecule has 0 aliphatic heterocycles. The van der Waals surface area contributed by atoms with Gasteiger partial charge in [-0.25, -0.2) is 0 Å². The molecule has 0 saturated carbocycles. The summed E-state index contributed by atoms with van der Waals surface area (Å²) in [5.41, 5.74) is -0.106. The van der Waals surface area contributed by atoms with Crippen LogP contribution in [0.15, 0.2) is 24.3 Å². The molecule has 0 unspecified atom stereocenters. The van der Waals surface area contributed by atoms with Gasteiger partial charge >= 0.3 is 5.97 Å². The van der Waals surface area contributed by atoms with Gasteiger partial charge in [-0.3, -0.25) is 14.5 Å². The topological polar surface area (TPSA) is 46.6 Å². The van der Waals surface area contributed by atoms with E-state index in [1.54, 1.807) is 26.8 Å². The molecule has 0 heterocycles. The standard InChI is InChI=1S/C16H22ClNO3/c1-5-21-15(20)16(2,3)14(19)11-18(4)10-12-7-6-8-13(17)9-12/h6-9H,5,10-11H2,1-4H3. The second kappa shape index (κ2) is 7.57. The third-order valence-corrected chi connectivity index (χ3v) is 3.47. The molecule has 21 heavy (non-hydrogen) atoms. The smallest absolute Gasteiger partial charge is 0.319 e. The van der Waals surface area contributed by atoms with Crippen molar-refractivity contribution in [2.75, 3.05) is 20.2 Å². The molecule has 1 rings (SSSR count). The average molecular weight is 312 g/mol. The quantitative estimate of drug-likeness (QED) is 0.574. The van der Waals surface area contributed by atoms with Crippen molar-refractivity contribution in [3.05, 3.63) is 34.9 Å². The summed E-state index contributed by atoms with van der Waals surface area (Å²) in [5, 5.41) is 0.666. The van der Waals surface area contributed by atoms with E-state index in [9.17, 15) is 9.59 Å². The summed E-state index contributed by atoms with van der Waals surface area (Å²) in [4.78, 5) is 25.9. The Morgan fingerprint density at radius 3 is 2.57 bits per heavy atom. The van der Waals surface area contributed by atoms with Crippen molar-refractivity contribution in [1.29, 1.82) is 0 Å². The molecule has 0 radical (unpaired) electrons. The number of nitrogens with zero attached hydrogens (tertiary/aromatic N) is 1. The van der Waals surface area contributed by atoms with Crippen LogP contribution in [-0.2, 0) is 20.9 Å². The SMILES string of the molecule is CCOC(=O)C(C)(C)C(=O)CN(C)Cc1cccc(Cl)c1. The number of ketones is 1. The van der Waals surface area contributed by atoms with E-state index in [1.807, 2.05) is 30.1 Å². The number of hydrogen-bond acceptors (Lipinski definition) is 4. The number of carbonyl (C=O) groups excluding carboxylic acids is 2. The van der Waals surface area contributed by atoms with Gasteiger partial charge in [-0.15, -0.1) is 0 Å². The summed E-state index contributed by atoms with van der Waals surface area (Å²) in [7, 11) is 1.83. The van der Waals surface area contributed by atoms with Gasteiger partial charge < -0.3 is 4.74 Å². The Labute approximate surface area is 131 Å². The molecule has 4 nitrogen and oxygen atoms in total. The number of Topliss-reactive ketones (excluding diaryl/α,β-unsaturated/α-hetero) is 1. The molecular formula is C16H22ClNO3. The normalized spacial score (nSPS) is 11.5. The fourth-order valence-electron chi connectivity index (χ4n) is 1.87. The number of ether oxygens (including phenoxy) is 1. The maximum Gasteiger partial charge on any atom is 0.319 e. The zero-order valence-corrected chi connectivity index (χ0v) is 13.7. The largest absolute Gasteiger partial charge is 0.465 e. The lowest BCUT2D eigenvalue weighted by atomic mass is 9.88. The lowest BCUT2D eigenvalue weighted by Gasteiger charge is -2.24. The van der Waals surface area contributed by atoms with Gasteiger partial charge in [0.15, 0.2) is 5.78 Å². The Balaban J connectivity index is 2.63. The Kier molecular flexibility index (Phi) is 6.37. The van der Waals surface area contributed by atoms with Crippen LogP contribution in [0.4, 0.5) is 0 Å². The maximum atomic E-state index is 12.3. The van der Waals surface area contributed by atoms with Gasteiger partial charge in [0.25, 0.3) is 0 Å². The van der Waals surface area contributed by atoms with Gasteiger partial charge in [0.2, 0.25) is 0 Å². The van der Waals surface area contributed by atoms with Gasteiger partial charge in [0.1, 0.15) is 5.41 Å². The lowest BCUT2D eigenvalue weighted by molar-refractivity contribution is -0.158. The van der Waals surface area contributed by atoms with Crippen LogP contribution in [0.3, 0.4) is 0 Å². The van der Waals surface area contributed by atoms with E-state index in [4.69, 9.17) is 16.3 Å². The van der Waals surface area contributed by atoms with Crippen LogP contribution in [0.25, 0.3) is 0 Å². The Bertz CT molecular complexity index is 514. The fourth-order valence-corrected chi connectivity index (χ4v) is 2.08. The fraction of sp³-hybridized carbons (Fsp3) is 0.500. The van der Waals surface area contributed by atoms with E-state index < -0.39 is 11.4 Å². The van der Waals surface area contributed by atoms with Crippen molar-refractivity contribution in [3.63, 3.8) is 0 Å². The first-order valence-electron chi connectivity index (χ1n) is 6.91. The van der Waals surface area contributed by atoms with Crippen molar-refractivity contribution in [3.8, 4) is 0 Å². The highest BCUT2D eigenvalue weighted by Gasteiger charge is 2.37. The second-order valence-corrected chi connectivity index (χ2v) is 6.01. The van der Waals surface area contributed by atoms with Gasteiger partial charge in [0.05, 0.1) is 13.2 Å². The molecule has 116 valence electrons.